The summed E-state index contributed by atoms with van der Waals surface area (Å²) in [6.07, 6.45) is 2.55. The van der Waals surface area contributed by atoms with Gasteiger partial charge in [-0.3, -0.25) is 4.79 Å². The minimum absolute atomic E-state index is 0.597. The van der Waals surface area contributed by atoms with E-state index in [1.807, 2.05) is 24.3 Å². The van der Waals surface area contributed by atoms with Crippen LogP contribution in [0.25, 0.3) is 0 Å². The minimum Gasteiger partial charge on any atom is -0.481 e. The lowest BCUT2D eigenvalue weighted by Crippen LogP contribution is -2.42. The summed E-state index contributed by atoms with van der Waals surface area (Å²) in [5.41, 5.74) is 0.334. The fourth-order valence-electron chi connectivity index (χ4n) is 1.93. The molecule has 1 aliphatic carbocycles. The van der Waals surface area contributed by atoms with Crippen LogP contribution in [0.3, 0.4) is 0 Å². The highest BCUT2D eigenvalue weighted by atomic mass is 79.9. The summed E-state index contributed by atoms with van der Waals surface area (Å²) in [4.78, 5) is 11.2. The van der Waals surface area contributed by atoms with Crippen LogP contribution in [0.2, 0.25) is 0 Å². The lowest BCUT2D eigenvalue weighted by molar-refractivity contribution is -0.147. The quantitative estimate of drug-likeness (QED) is 0.882. The summed E-state index contributed by atoms with van der Waals surface area (Å²) in [5, 5.41) is 9.19. The smallest absolute Gasteiger partial charge is 0.314 e. The van der Waals surface area contributed by atoms with Gasteiger partial charge in [-0.1, -0.05) is 34.5 Å². The van der Waals surface area contributed by atoms with E-state index in [9.17, 15) is 9.90 Å². The Hall–Kier alpha value is -0.830. The molecule has 0 atom stereocenters. The van der Waals surface area contributed by atoms with Gasteiger partial charge < -0.3 is 5.11 Å². The van der Waals surface area contributed by atoms with Crippen LogP contribution in [0.4, 0.5) is 0 Å². The lowest BCUT2D eigenvalue weighted by Gasteiger charge is -2.38. The second-order valence-corrected chi connectivity index (χ2v) is 4.66. The first-order valence-corrected chi connectivity index (χ1v) is 5.44. The number of hydrogen-bond acceptors (Lipinski definition) is 1. The summed E-state index contributed by atoms with van der Waals surface area (Å²) < 4.78 is 0.987. The molecule has 0 unspecified atom stereocenters. The van der Waals surface area contributed by atoms with Crippen molar-refractivity contribution in [1.29, 1.82) is 0 Å². The predicted molar refractivity (Wildman–Crippen MR) is 57.3 cm³/mol. The number of halogens is 1. The van der Waals surface area contributed by atoms with Crippen molar-refractivity contribution in [3.8, 4) is 0 Å². The molecule has 14 heavy (non-hydrogen) atoms. The van der Waals surface area contributed by atoms with E-state index in [0.29, 0.717) is 0 Å². The normalized spacial score (nSPS) is 18.6. The van der Waals surface area contributed by atoms with Gasteiger partial charge in [-0.15, -0.1) is 0 Å². The molecule has 0 aromatic heterocycles. The SMILES string of the molecule is O=C(O)C1(c2ccc(Br)cc2)CCC1. The summed E-state index contributed by atoms with van der Waals surface area (Å²) in [5.74, 6) is -0.689. The van der Waals surface area contributed by atoms with Crippen molar-refractivity contribution in [3.05, 3.63) is 34.3 Å². The van der Waals surface area contributed by atoms with Crippen LogP contribution in [0.1, 0.15) is 24.8 Å². The summed E-state index contributed by atoms with van der Waals surface area (Å²) >= 11 is 3.34. The molecule has 0 amide bonds. The Labute approximate surface area is 91.1 Å². The predicted octanol–water partition coefficient (Wildman–Crippen LogP) is 2.96. The summed E-state index contributed by atoms with van der Waals surface area (Å²) in [6, 6.07) is 7.60. The molecule has 74 valence electrons. The van der Waals surface area contributed by atoms with Gasteiger partial charge in [0, 0.05) is 4.47 Å². The van der Waals surface area contributed by atoms with Gasteiger partial charge in [0.2, 0.25) is 0 Å². The zero-order valence-corrected chi connectivity index (χ0v) is 9.25. The van der Waals surface area contributed by atoms with E-state index in [4.69, 9.17) is 0 Å². The largest absolute Gasteiger partial charge is 0.481 e. The molecule has 0 saturated heterocycles. The van der Waals surface area contributed by atoms with Gasteiger partial charge in [0.25, 0.3) is 0 Å². The molecule has 1 saturated carbocycles. The van der Waals surface area contributed by atoms with Crippen LogP contribution in [0.15, 0.2) is 28.7 Å². The maximum Gasteiger partial charge on any atom is 0.314 e. The van der Waals surface area contributed by atoms with Crippen molar-refractivity contribution < 1.29 is 9.90 Å². The van der Waals surface area contributed by atoms with E-state index in [1.165, 1.54) is 0 Å². The van der Waals surface area contributed by atoms with Crippen molar-refractivity contribution in [2.75, 3.05) is 0 Å². The van der Waals surface area contributed by atoms with E-state index in [0.717, 1.165) is 29.3 Å². The average Bonchev–Trinajstić information content (AvgIpc) is 2.05. The first-order chi connectivity index (χ1) is 6.65. The Morgan fingerprint density at radius 3 is 2.21 bits per heavy atom. The summed E-state index contributed by atoms with van der Waals surface area (Å²) in [6.45, 7) is 0. The lowest BCUT2D eigenvalue weighted by atomic mass is 9.64. The molecule has 0 spiro atoms. The van der Waals surface area contributed by atoms with Gasteiger partial charge in [-0.2, -0.15) is 0 Å². The van der Waals surface area contributed by atoms with Crippen molar-refractivity contribution >= 4 is 21.9 Å². The Morgan fingerprint density at radius 2 is 1.86 bits per heavy atom. The van der Waals surface area contributed by atoms with Crippen molar-refractivity contribution in [1.82, 2.24) is 0 Å². The number of carbonyl (C=O) groups is 1. The number of carboxylic acid groups (broad SMARTS) is 1. The first kappa shape index (κ1) is 9.71. The highest BCUT2D eigenvalue weighted by Crippen LogP contribution is 2.44. The van der Waals surface area contributed by atoms with E-state index >= 15 is 0 Å². The molecular weight excluding hydrogens is 244 g/mol. The van der Waals surface area contributed by atoms with Crippen LogP contribution in [0.5, 0.6) is 0 Å². The third kappa shape index (κ3) is 1.36. The number of rotatable bonds is 2. The molecule has 3 heteroatoms. The zero-order chi connectivity index (χ0) is 10.2. The Balaban J connectivity index is 2.37. The number of carboxylic acids is 1. The number of aliphatic carboxylic acids is 1. The van der Waals surface area contributed by atoms with E-state index in [1.54, 1.807) is 0 Å². The molecule has 1 aromatic carbocycles. The highest BCUT2D eigenvalue weighted by Gasteiger charge is 2.45. The van der Waals surface area contributed by atoms with Gasteiger partial charge in [-0.25, -0.2) is 0 Å². The van der Waals surface area contributed by atoms with Gasteiger partial charge >= 0.3 is 5.97 Å². The zero-order valence-electron chi connectivity index (χ0n) is 7.66. The van der Waals surface area contributed by atoms with Gasteiger partial charge in [0.05, 0.1) is 5.41 Å². The molecule has 0 radical (unpaired) electrons. The molecule has 2 rings (SSSR count). The monoisotopic (exact) mass is 254 g/mol. The van der Waals surface area contributed by atoms with Gasteiger partial charge in [-0.05, 0) is 30.5 Å². The fraction of sp³-hybridized carbons (Fsp3) is 0.364. The maximum atomic E-state index is 11.2. The molecule has 0 heterocycles. The van der Waals surface area contributed by atoms with Crippen molar-refractivity contribution in [2.45, 2.75) is 24.7 Å². The second-order valence-electron chi connectivity index (χ2n) is 3.75. The molecule has 1 aliphatic rings. The standard InChI is InChI=1S/C11H11BrO2/c12-9-4-2-8(3-5-9)11(10(13)14)6-1-7-11/h2-5H,1,6-7H2,(H,13,14). The van der Waals surface area contributed by atoms with E-state index < -0.39 is 11.4 Å². The molecule has 0 bridgehead atoms. The third-order valence-electron chi connectivity index (χ3n) is 3.01. The van der Waals surface area contributed by atoms with Gasteiger partial charge in [0.1, 0.15) is 0 Å². The molecule has 1 fully saturated rings. The van der Waals surface area contributed by atoms with Crippen LogP contribution < -0.4 is 0 Å². The maximum absolute atomic E-state index is 11.2. The van der Waals surface area contributed by atoms with E-state index in [2.05, 4.69) is 15.9 Å². The topological polar surface area (TPSA) is 37.3 Å². The van der Waals surface area contributed by atoms with Crippen LogP contribution in [-0.4, -0.2) is 11.1 Å². The molecule has 1 aromatic rings. The Kier molecular flexibility index (Phi) is 2.35. The van der Waals surface area contributed by atoms with Crippen LogP contribution >= 0.6 is 15.9 Å². The summed E-state index contributed by atoms with van der Waals surface area (Å²) in [7, 11) is 0. The van der Waals surface area contributed by atoms with E-state index in [-0.39, 0.29) is 0 Å². The average molecular weight is 255 g/mol. The second kappa shape index (κ2) is 3.39. The third-order valence-corrected chi connectivity index (χ3v) is 3.54. The van der Waals surface area contributed by atoms with Crippen LogP contribution in [-0.2, 0) is 10.2 Å². The Morgan fingerprint density at radius 1 is 1.29 bits per heavy atom. The minimum atomic E-state index is -0.689. The van der Waals surface area contributed by atoms with Gasteiger partial charge in [0.15, 0.2) is 0 Å². The first-order valence-electron chi connectivity index (χ1n) is 4.65. The van der Waals surface area contributed by atoms with Crippen LogP contribution in [0, 0.1) is 0 Å². The molecule has 1 N–H and O–H groups in total. The van der Waals surface area contributed by atoms with Crippen molar-refractivity contribution in [2.24, 2.45) is 0 Å². The Bertz CT molecular complexity index is 352. The molecule has 0 aliphatic heterocycles. The molecular formula is C11H11BrO2. The number of benzene rings is 1. The van der Waals surface area contributed by atoms with Crippen molar-refractivity contribution in [3.63, 3.8) is 0 Å². The highest BCUT2D eigenvalue weighted by molar-refractivity contribution is 9.10. The number of hydrogen-bond donors (Lipinski definition) is 1. The molecule has 2 nitrogen and oxygen atoms in total. The fourth-order valence-corrected chi connectivity index (χ4v) is 2.19.